The third-order valence-corrected chi connectivity index (χ3v) is 2.92. The first-order chi connectivity index (χ1) is 8.61. The Balaban J connectivity index is 2.33. The Morgan fingerprint density at radius 3 is 2.83 bits per heavy atom. The largest absolute Gasteiger partial charge is 0.481 e. The van der Waals surface area contributed by atoms with Crippen molar-refractivity contribution < 1.29 is 14.7 Å². The van der Waals surface area contributed by atoms with Crippen molar-refractivity contribution in [2.24, 2.45) is 0 Å². The van der Waals surface area contributed by atoms with E-state index >= 15 is 0 Å². The molecule has 0 spiro atoms. The van der Waals surface area contributed by atoms with Crippen molar-refractivity contribution >= 4 is 23.6 Å². The van der Waals surface area contributed by atoms with Crippen LogP contribution in [-0.4, -0.2) is 28.5 Å². The smallest absolute Gasteiger partial charge is 0.313 e. The topological polar surface area (TPSA) is 90.2 Å². The number of nitriles is 1. The molecule has 0 fully saturated rings. The summed E-state index contributed by atoms with van der Waals surface area (Å²) in [5.74, 6) is -1.13. The summed E-state index contributed by atoms with van der Waals surface area (Å²) in [5.41, 5.74) is 1.38. The van der Waals surface area contributed by atoms with Crippen LogP contribution in [0.25, 0.3) is 0 Å². The predicted molar refractivity (Wildman–Crippen MR) is 68.0 cm³/mol. The van der Waals surface area contributed by atoms with Crippen molar-refractivity contribution in [1.29, 1.82) is 5.26 Å². The highest BCUT2D eigenvalue weighted by Crippen LogP contribution is 2.04. The summed E-state index contributed by atoms with van der Waals surface area (Å²) in [6.45, 7) is 0.335. The van der Waals surface area contributed by atoms with E-state index in [9.17, 15) is 9.59 Å². The molecule has 0 saturated carbocycles. The van der Waals surface area contributed by atoms with Gasteiger partial charge in [0.2, 0.25) is 5.91 Å². The quantitative estimate of drug-likeness (QED) is 0.799. The summed E-state index contributed by atoms with van der Waals surface area (Å²) in [6, 6.07) is 8.97. The van der Waals surface area contributed by atoms with Gasteiger partial charge in [-0.2, -0.15) is 5.26 Å². The molecule has 6 heteroatoms. The molecule has 5 nitrogen and oxygen atoms in total. The highest BCUT2D eigenvalue weighted by Gasteiger charge is 2.04. The van der Waals surface area contributed by atoms with Gasteiger partial charge in [0.1, 0.15) is 0 Å². The fraction of sp³-hybridized carbons (Fsp3) is 0.250. The molecule has 94 valence electrons. The summed E-state index contributed by atoms with van der Waals surface area (Å²) in [6.07, 6.45) is 0. The number of hydrogen-bond donors (Lipinski definition) is 2. The van der Waals surface area contributed by atoms with E-state index in [1.807, 2.05) is 12.1 Å². The molecule has 0 radical (unpaired) electrons. The molecule has 0 heterocycles. The van der Waals surface area contributed by atoms with Crippen LogP contribution < -0.4 is 5.32 Å². The normalized spacial score (nSPS) is 9.50. The lowest BCUT2D eigenvalue weighted by Gasteiger charge is -2.04. The number of nitrogens with zero attached hydrogens (tertiary/aromatic N) is 1. The molecule has 1 amide bonds. The third kappa shape index (κ3) is 5.37. The summed E-state index contributed by atoms with van der Waals surface area (Å²) >= 11 is 1.05. The first-order valence-electron chi connectivity index (χ1n) is 5.17. The zero-order chi connectivity index (χ0) is 13.4. The SMILES string of the molecule is N#Cc1cccc(CNC(=O)CSCC(=O)O)c1. The van der Waals surface area contributed by atoms with Crippen molar-refractivity contribution in [1.82, 2.24) is 5.32 Å². The molecule has 18 heavy (non-hydrogen) atoms. The van der Waals surface area contributed by atoms with E-state index in [-0.39, 0.29) is 17.4 Å². The first-order valence-corrected chi connectivity index (χ1v) is 6.32. The van der Waals surface area contributed by atoms with Crippen LogP contribution in [0.5, 0.6) is 0 Å². The Labute approximate surface area is 109 Å². The monoisotopic (exact) mass is 264 g/mol. The number of carboxylic acid groups (broad SMARTS) is 1. The highest BCUT2D eigenvalue weighted by molar-refractivity contribution is 8.00. The molecule has 0 atom stereocenters. The zero-order valence-electron chi connectivity index (χ0n) is 9.55. The number of carboxylic acids is 1. The van der Waals surface area contributed by atoms with Gasteiger partial charge >= 0.3 is 5.97 Å². The molecule has 1 rings (SSSR count). The van der Waals surface area contributed by atoms with Crippen LogP contribution in [0.4, 0.5) is 0 Å². The number of aliphatic carboxylic acids is 1. The minimum atomic E-state index is -0.936. The second-order valence-electron chi connectivity index (χ2n) is 3.48. The molecule has 0 aliphatic carbocycles. The molecule has 0 aromatic heterocycles. The zero-order valence-corrected chi connectivity index (χ0v) is 10.4. The van der Waals surface area contributed by atoms with E-state index in [1.54, 1.807) is 18.2 Å². The molecule has 0 bridgehead atoms. The van der Waals surface area contributed by atoms with Crippen LogP contribution in [0.3, 0.4) is 0 Å². The maximum Gasteiger partial charge on any atom is 0.313 e. The van der Waals surface area contributed by atoms with Gasteiger partial charge in [-0.25, -0.2) is 0 Å². The standard InChI is InChI=1S/C12H12N2O3S/c13-5-9-2-1-3-10(4-9)6-14-11(15)7-18-8-12(16)17/h1-4H,6-8H2,(H,14,15)(H,16,17). The number of carbonyl (C=O) groups excluding carboxylic acids is 1. The highest BCUT2D eigenvalue weighted by atomic mass is 32.2. The molecule has 0 aliphatic rings. The summed E-state index contributed by atoms with van der Waals surface area (Å²) in [4.78, 5) is 21.6. The van der Waals surface area contributed by atoms with E-state index in [1.165, 1.54) is 0 Å². The number of carbonyl (C=O) groups is 2. The minimum absolute atomic E-state index is 0.0860. The Morgan fingerprint density at radius 2 is 2.17 bits per heavy atom. The number of thioether (sulfide) groups is 1. The van der Waals surface area contributed by atoms with Crippen LogP contribution in [0, 0.1) is 11.3 Å². The molecule has 1 aromatic carbocycles. The molecule has 2 N–H and O–H groups in total. The Bertz CT molecular complexity index is 482. The van der Waals surface area contributed by atoms with Gasteiger partial charge in [-0.15, -0.1) is 11.8 Å². The van der Waals surface area contributed by atoms with Crippen molar-refractivity contribution in [3.63, 3.8) is 0 Å². The Kier molecular flexibility index (Phi) is 5.74. The van der Waals surface area contributed by atoms with Gasteiger partial charge in [0.15, 0.2) is 0 Å². The van der Waals surface area contributed by atoms with E-state index in [0.717, 1.165) is 17.3 Å². The van der Waals surface area contributed by atoms with Crippen LogP contribution in [0.2, 0.25) is 0 Å². The maximum absolute atomic E-state index is 11.4. The van der Waals surface area contributed by atoms with Gasteiger partial charge in [-0.3, -0.25) is 9.59 Å². The third-order valence-electron chi connectivity index (χ3n) is 2.00. The van der Waals surface area contributed by atoms with Crippen LogP contribution in [-0.2, 0) is 16.1 Å². The van der Waals surface area contributed by atoms with Crippen molar-refractivity contribution in [3.05, 3.63) is 35.4 Å². The lowest BCUT2D eigenvalue weighted by atomic mass is 10.1. The second-order valence-corrected chi connectivity index (χ2v) is 4.46. The number of rotatable bonds is 6. The Hall–Kier alpha value is -2.00. The number of benzene rings is 1. The van der Waals surface area contributed by atoms with E-state index in [4.69, 9.17) is 10.4 Å². The molecular formula is C12H12N2O3S. The van der Waals surface area contributed by atoms with E-state index in [2.05, 4.69) is 5.32 Å². The van der Waals surface area contributed by atoms with Crippen molar-refractivity contribution in [2.75, 3.05) is 11.5 Å². The van der Waals surface area contributed by atoms with E-state index < -0.39 is 5.97 Å². The summed E-state index contributed by atoms with van der Waals surface area (Å²) in [5, 5.41) is 19.8. The summed E-state index contributed by atoms with van der Waals surface area (Å²) in [7, 11) is 0. The molecular weight excluding hydrogens is 252 g/mol. The van der Waals surface area contributed by atoms with Gasteiger partial charge in [-0.05, 0) is 17.7 Å². The number of nitrogens with one attached hydrogen (secondary N) is 1. The maximum atomic E-state index is 11.4. The van der Waals surface area contributed by atoms with Crippen LogP contribution in [0.15, 0.2) is 24.3 Å². The Morgan fingerprint density at radius 1 is 1.39 bits per heavy atom. The number of amides is 1. The minimum Gasteiger partial charge on any atom is -0.481 e. The van der Waals surface area contributed by atoms with Crippen molar-refractivity contribution in [3.8, 4) is 6.07 Å². The van der Waals surface area contributed by atoms with Gasteiger partial charge in [0.25, 0.3) is 0 Å². The molecule has 0 aliphatic heterocycles. The van der Waals surface area contributed by atoms with Crippen molar-refractivity contribution in [2.45, 2.75) is 6.54 Å². The molecule has 1 aromatic rings. The van der Waals surface area contributed by atoms with E-state index in [0.29, 0.717) is 12.1 Å². The van der Waals surface area contributed by atoms with Gasteiger partial charge in [-0.1, -0.05) is 12.1 Å². The fourth-order valence-electron chi connectivity index (χ4n) is 1.23. The number of hydrogen-bond acceptors (Lipinski definition) is 4. The van der Waals surface area contributed by atoms with Gasteiger partial charge < -0.3 is 10.4 Å². The van der Waals surface area contributed by atoms with Gasteiger partial charge in [0.05, 0.1) is 23.1 Å². The molecule has 0 unspecified atom stereocenters. The van der Waals surface area contributed by atoms with Gasteiger partial charge in [0, 0.05) is 6.54 Å². The second kappa shape index (κ2) is 7.35. The van der Waals surface area contributed by atoms with Crippen LogP contribution >= 0.6 is 11.8 Å². The average molecular weight is 264 g/mol. The molecule has 0 saturated heterocycles. The first kappa shape index (κ1) is 14.1. The fourth-order valence-corrected chi connectivity index (χ4v) is 1.80. The average Bonchev–Trinajstić information content (AvgIpc) is 2.36. The van der Waals surface area contributed by atoms with Crippen LogP contribution in [0.1, 0.15) is 11.1 Å². The lowest BCUT2D eigenvalue weighted by molar-refractivity contribution is -0.133. The lowest BCUT2D eigenvalue weighted by Crippen LogP contribution is -2.25. The predicted octanol–water partition coefficient (Wildman–Crippen LogP) is 0.992. The summed E-state index contributed by atoms with van der Waals surface area (Å²) < 4.78 is 0.